The number of esters is 1. The van der Waals surface area contributed by atoms with Crippen molar-refractivity contribution in [1.29, 1.82) is 0 Å². The lowest BCUT2D eigenvalue weighted by Gasteiger charge is -2.27. The lowest BCUT2D eigenvalue weighted by atomic mass is 10.00. The van der Waals surface area contributed by atoms with E-state index in [4.69, 9.17) is 32.9 Å². The quantitative estimate of drug-likeness (QED) is 0.239. The fraction of sp³-hybridized carbons (Fsp3) is 0.522. The number of ether oxygens (including phenoxy) is 2. The first kappa shape index (κ1) is 26.1. The number of halogens is 2. The van der Waals surface area contributed by atoms with Crippen molar-refractivity contribution in [1.82, 2.24) is 9.55 Å². The van der Waals surface area contributed by atoms with Gasteiger partial charge in [-0.3, -0.25) is 23.7 Å². The Hall–Kier alpha value is -2.50. The van der Waals surface area contributed by atoms with Crippen molar-refractivity contribution in [2.24, 2.45) is 5.92 Å². The zero-order valence-corrected chi connectivity index (χ0v) is 21.9. The minimum Gasteiger partial charge on any atom is -0.463 e. The Morgan fingerprint density at radius 1 is 1.32 bits per heavy atom. The summed E-state index contributed by atoms with van der Waals surface area (Å²) in [5.74, 6) is -1.78. The molecule has 0 saturated carbocycles. The molecule has 1 aromatic heterocycles. The van der Waals surface area contributed by atoms with E-state index in [-0.39, 0.29) is 5.75 Å². The van der Waals surface area contributed by atoms with Crippen molar-refractivity contribution in [3.05, 3.63) is 63.4 Å². The number of carbonyl (C=O) groups is 1. The zero-order valence-electron chi connectivity index (χ0n) is 22.2. The first-order valence-corrected chi connectivity index (χ1v) is 13.4. The molecule has 1 saturated heterocycles. The van der Waals surface area contributed by atoms with E-state index in [1.807, 2.05) is 4.98 Å². The largest absolute Gasteiger partial charge is 0.463 e. The van der Waals surface area contributed by atoms with Crippen molar-refractivity contribution in [2.75, 3.05) is 19.4 Å². The fourth-order valence-corrected chi connectivity index (χ4v) is 5.48. The van der Waals surface area contributed by atoms with E-state index in [1.165, 1.54) is 19.1 Å². The number of para-hydroxylation sites is 1. The SMILES string of the molecule is [2H]C([2H])(OP(=O)(C[C@@H](C)C(=O)OC(C)C)Oc1ccccc1)[C@H]1O[C@@H](n2ccc(=O)[nH]c2=O)C(Cl)(CF)[C@H]1O. The molecule has 2 N–H and O–H groups in total. The van der Waals surface area contributed by atoms with E-state index >= 15 is 0 Å². The van der Waals surface area contributed by atoms with E-state index in [0.29, 0.717) is 4.57 Å². The van der Waals surface area contributed by atoms with Gasteiger partial charge in [-0.1, -0.05) is 25.1 Å². The summed E-state index contributed by atoms with van der Waals surface area (Å²) in [4.78, 5) is 35.7. The topological polar surface area (TPSA) is 146 Å². The molecular weight excluding hydrogens is 534 g/mol. The number of hydrogen-bond acceptors (Lipinski definition) is 9. The molecule has 1 aromatic carbocycles. The van der Waals surface area contributed by atoms with Crippen LogP contribution in [0.5, 0.6) is 5.75 Å². The summed E-state index contributed by atoms with van der Waals surface area (Å²) < 4.78 is 67.2. The van der Waals surface area contributed by atoms with E-state index in [2.05, 4.69) is 0 Å². The Morgan fingerprint density at radius 3 is 2.59 bits per heavy atom. The number of benzene rings is 1. The van der Waals surface area contributed by atoms with Gasteiger partial charge < -0.3 is 19.1 Å². The number of H-pyrrole nitrogens is 1. The number of aliphatic hydroxyl groups is 1. The highest BCUT2D eigenvalue weighted by molar-refractivity contribution is 7.54. The lowest BCUT2D eigenvalue weighted by molar-refractivity contribution is -0.151. The predicted molar refractivity (Wildman–Crippen MR) is 132 cm³/mol. The Morgan fingerprint density at radius 2 is 2.00 bits per heavy atom. The summed E-state index contributed by atoms with van der Waals surface area (Å²) >= 11 is 6.31. The predicted octanol–water partition coefficient (Wildman–Crippen LogP) is 2.62. The normalized spacial score (nSPS) is 27.2. The van der Waals surface area contributed by atoms with Gasteiger partial charge in [0.15, 0.2) is 6.23 Å². The van der Waals surface area contributed by atoms with Crippen LogP contribution in [0.15, 0.2) is 52.2 Å². The van der Waals surface area contributed by atoms with Crippen LogP contribution in [0.3, 0.4) is 0 Å². The van der Waals surface area contributed by atoms with Crippen LogP contribution < -0.4 is 15.8 Å². The first-order valence-electron chi connectivity index (χ1n) is 12.3. The molecule has 37 heavy (non-hydrogen) atoms. The number of nitrogens with zero attached hydrogens (tertiary/aromatic N) is 1. The van der Waals surface area contributed by atoms with Crippen molar-refractivity contribution < 1.29 is 40.1 Å². The number of nitrogens with one attached hydrogen (secondary N) is 1. The highest BCUT2D eigenvalue weighted by Crippen LogP contribution is 2.51. The third-order valence-corrected chi connectivity index (χ3v) is 7.70. The molecule has 0 bridgehead atoms. The number of rotatable bonds is 11. The number of alkyl halides is 2. The molecule has 2 unspecified atom stereocenters. The molecule has 1 aliphatic heterocycles. The van der Waals surface area contributed by atoms with E-state index in [1.54, 1.807) is 32.0 Å². The number of aliphatic hydroxyl groups excluding tert-OH is 1. The molecular formula is C23H29ClFN2O9P. The second kappa shape index (κ2) is 11.9. The molecule has 0 amide bonds. The minimum atomic E-state index is -4.57. The maximum absolute atomic E-state index is 14.2. The Bertz CT molecular complexity index is 1330. The number of carbonyl (C=O) groups excluding carboxylic acids is 1. The van der Waals surface area contributed by atoms with Crippen molar-refractivity contribution in [2.45, 2.75) is 50.2 Å². The van der Waals surface area contributed by atoms with Crippen molar-refractivity contribution in [3.63, 3.8) is 0 Å². The van der Waals surface area contributed by atoms with Crippen LogP contribution >= 0.6 is 19.2 Å². The van der Waals surface area contributed by atoms with Gasteiger partial charge in [-0.05, 0) is 26.0 Å². The third-order valence-electron chi connectivity index (χ3n) is 5.32. The van der Waals surface area contributed by atoms with E-state index in [0.717, 1.165) is 12.3 Å². The Labute approximate surface area is 219 Å². The van der Waals surface area contributed by atoms with Gasteiger partial charge >= 0.3 is 19.3 Å². The fourth-order valence-electron chi connectivity index (χ4n) is 3.50. The number of hydrogen-bond donors (Lipinski definition) is 2. The lowest BCUT2D eigenvalue weighted by Crippen LogP contribution is -2.46. The average molecular weight is 565 g/mol. The van der Waals surface area contributed by atoms with Crippen molar-refractivity contribution >= 4 is 25.2 Å². The molecule has 11 nitrogen and oxygen atoms in total. The highest BCUT2D eigenvalue weighted by Gasteiger charge is 2.57. The number of aromatic amines is 1. The minimum absolute atomic E-state index is 0.0297. The van der Waals surface area contributed by atoms with Crippen LogP contribution in [0.25, 0.3) is 0 Å². The second-order valence-corrected chi connectivity index (χ2v) is 11.4. The van der Waals surface area contributed by atoms with Crippen LogP contribution in [0.4, 0.5) is 4.39 Å². The van der Waals surface area contributed by atoms with Crippen LogP contribution in [0.1, 0.15) is 29.7 Å². The summed E-state index contributed by atoms with van der Waals surface area (Å²) in [6.07, 6.45) is -6.21. The Balaban J connectivity index is 1.96. The molecule has 6 atom stereocenters. The van der Waals surface area contributed by atoms with Crippen LogP contribution in [0.2, 0.25) is 0 Å². The highest BCUT2D eigenvalue weighted by atomic mass is 35.5. The van der Waals surface area contributed by atoms with Gasteiger partial charge in [0.05, 0.1) is 27.5 Å². The van der Waals surface area contributed by atoms with Gasteiger partial charge in [-0.2, -0.15) is 0 Å². The van der Waals surface area contributed by atoms with Gasteiger partial charge in [0.1, 0.15) is 29.5 Å². The molecule has 2 heterocycles. The Kier molecular flexibility index (Phi) is 8.41. The summed E-state index contributed by atoms with van der Waals surface area (Å²) in [7, 11) is -4.57. The van der Waals surface area contributed by atoms with E-state index < -0.39 is 79.5 Å². The molecule has 3 rings (SSSR count). The molecule has 0 aliphatic carbocycles. The summed E-state index contributed by atoms with van der Waals surface area (Å²) in [5, 5.41) is 10.9. The first-order chi connectivity index (χ1) is 18.1. The molecule has 14 heteroatoms. The van der Waals surface area contributed by atoms with E-state index in [9.17, 15) is 28.4 Å². The third kappa shape index (κ3) is 6.88. The van der Waals surface area contributed by atoms with Crippen molar-refractivity contribution in [3.8, 4) is 5.75 Å². The maximum atomic E-state index is 14.2. The molecule has 0 spiro atoms. The number of aromatic nitrogens is 2. The summed E-state index contributed by atoms with van der Waals surface area (Å²) in [6, 6.07) is 8.54. The monoisotopic (exact) mass is 564 g/mol. The van der Waals surface area contributed by atoms with Gasteiger partial charge in [0.2, 0.25) is 0 Å². The maximum Gasteiger partial charge on any atom is 0.380 e. The van der Waals surface area contributed by atoms with Crippen LogP contribution in [-0.2, 0) is 23.4 Å². The standard InChI is InChI=1S/C23H29ClFN2O9P/c1-14(2)34-20(30)15(3)12-37(32,36-16-7-5-4-6-8-16)33-11-17-19(29)23(24,13-25)21(35-17)27-10-9-18(28)26-22(27)31/h4-10,14-15,17,19,21,29H,11-13H2,1-3H3,(H,26,28,31)/t15-,17-,19+,21-,23?,37?/m1/s1/i11D2. The summed E-state index contributed by atoms with van der Waals surface area (Å²) in [6.45, 7) is -0.0365. The molecule has 204 valence electrons. The van der Waals surface area contributed by atoms with Gasteiger partial charge in [0, 0.05) is 12.3 Å². The molecule has 2 aromatic rings. The average Bonchev–Trinajstić information content (AvgIpc) is 3.10. The smallest absolute Gasteiger partial charge is 0.380 e. The van der Waals surface area contributed by atoms with Gasteiger partial charge in [0.25, 0.3) is 5.56 Å². The molecule has 0 radical (unpaired) electrons. The van der Waals surface area contributed by atoms with Gasteiger partial charge in [-0.15, -0.1) is 11.6 Å². The molecule has 1 fully saturated rings. The van der Waals surface area contributed by atoms with Crippen LogP contribution in [0, 0.1) is 5.92 Å². The second-order valence-electron chi connectivity index (χ2n) is 8.73. The molecule has 1 aliphatic rings. The summed E-state index contributed by atoms with van der Waals surface area (Å²) in [5.41, 5.74) is -1.83. The van der Waals surface area contributed by atoms with Gasteiger partial charge in [-0.25, -0.2) is 13.8 Å². The zero-order chi connectivity index (χ0) is 29.2. The van der Waals surface area contributed by atoms with Crippen LogP contribution in [-0.4, -0.2) is 63.2 Å².